The van der Waals surface area contributed by atoms with Crippen molar-refractivity contribution >= 4 is 23.2 Å². The van der Waals surface area contributed by atoms with Crippen LogP contribution in [0.2, 0.25) is 0 Å². The van der Waals surface area contributed by atoms with E-state index in [2.05, 4.69) is 10.3 Å². The average Bonchev–Trinajstić information content (AvgIpc) is 2.79. The van der Waals surface area contributed by atoms with Crippen LogP contribution >= 0.6 is 0 Å². The van der Waals surface area contributed by atoms with Gasteiger partial charge in [-0.25, -0.2) is 0 Å². The van der Waals surface area contributed by atoms with E-state index in [9.17, 15) is 19.7 Å². The predicted molar refractivity (Wildman–Crippen MR) is 121 cm³/mol. The molecule has 0 saturated heterocycles. The zero-order chi connectivity index (χ0) is 23.5. The van der Waals surface area contributed by atoms with Gasteiger partial charge < -0.3 is 15.8 Å². The maximum atomic E-state index is 12.7. The van der Waals surface area contributed by atoms with E-state index >= 15 is 0 Å². The van der Waals surface area contributed by atoms with E-state index in [1.165, 1.54) is 18.5 Å². The first kappa shape index (κ1) is 21.9. The number of carbonyl (C=O) groups is 2. The number of hydrogen-bond acceptors (Lipinski definition) is 6. The summed E-state index contributed by atoms with van der Waals surface area (Å²) in [4.78, 5) is 38.9. The first-order valence-electron chi connectivity index (χ1n) is 10.4. The third-order valence-corrected chi connectivity index (χ3v) is 5.61. The number of nitrogens with two attached hydrogens (primary N) is 1. The zero-order valence-electron chi connectivity index (χ0n) is 17.9. The molecule has 1 atom stereocenters. The Hall–Kier alpha value is -4.27. The van der Waals surface area contributed by atoms with Crippen LogP contribution < -0.4 is 15.8 Å². The summed E-state index contributed by atoms with van der Waals surface area (Å²) in [5, 5.41) is 14.0. The Morgan fingerprint density at radius 1 is 1.15 bits per heavy atom. The molecule has 1 unspecified atom stereocenters. The molecular formula is C24H22N4O5. The van der Waals surface area contributed by atoms with Crippen LogP contribution in [-0.4, -0.2) is 21.7 Å². The van der Waals surface area contributed by atoms with Crippen LogP contribution in [0, 0.1) is 17.0 Å². The summed E-state index contributed by atoms with van der Waals surface area (Å²) < 4.78 is 6.11. The molecule has 0 aliphatic heterocycles. The van der Waals surface area contributed by atoms with Gasteiger partial charge in [-0.05, 0) is 61.6 Å². The highest BCUT2D eigenvalue weighted by atomic mass is 16.6. The number of hydrogen-bond donors (Lipinski definition) is 2. The fourth-order valence-corrected chi connectivity index (χ4v) is 3.89. The number of rotatable bonds is 6. The average molecular weight is 446 g/mol. The maximum Gasteiger partial charge on any atom is 0.273 e. The molecule has 0 spiro atoms. The number of anilines is 1. The minimum Gasteiger partial charge on any atom is -0.484 e. The lowest BCUT2D eigenvalue weighted by molar-refractivity contribution is -0.385. The van der Waals surface area contributed by atoms with Crippen LogP contribution in [0.3, 0.4) is 0 Å². The maximum absolute atomic E-state index is 12.7. The number of nitrogens with one attached hydrogen (secondary N) is 1. The molecule has 0 fully saturated rings. The smallest absolute Gasteiger partial charge is 0.273 e. The number of nitro groups is 1. The molecule has 168 valence electrons. The van der Waals surface area contributed by atoms with Gasteiger partial charge in [-0.15, -0.1) is 0 Å². The van der Waals surface area contributed by atoms with Crippen LogP contribution in [0.25, 0.3) is 0 Å². The molecule has 1 aromatic heterocycles. The van der Waals surface area contributed by atoms with Gasteiger partial charge in [0.2, 0.25) is 5.91 Å². The molecule has 4 rings (SSSR count). The summed E-state index contributed by atoms with van der Waals surface area (Å²) in [6, 6.07) is 11.5. The molecule has 1 aliphatic rings. The molecule has 0 radical (unpaired) electrons. The van der Waals surface area contributed by atoms with Crippen LogP contribution in [0.5, 0.6) is 5.75 Å². The molecular weight excluding hydrogens is 424 g/mol. The van der Waals surface area contributed by atoms with Gasteiger partial charge in [-0.2, -0.15) is 0 Å². The van der Waals surface area contributed by atoms with Gasteiger partial charge in [0.1, 0.15) is 11.9 Å². The number of ether oxygens (including phenoxy) is 1. The van der Waals surface area contributed by atoms with Crippen molar-refractivity contribution in [3.63, 3.8) is 0 Å². The van der Waals surface area contributed by atoms with Gasteiger partial charge in [-0.3, -0.25) is 24.7 Å². The SMILES string of the molecule is Cc1ccc(C(=O)Nc2ccc3c(c2)C(Oc2cncc(C(N)=O)c2)CCC3)cc1[N+](=O)[O-]. The molecule has 3 aromatic rings. The summed E-state index contributed by atoms with van der Waals surface area (Å²) in [7, 11) is 0. The topological polar surface area (TPSA) is 137 Å². The monoisotopic (exact) mass is 446 g/mol. The minimum atomic E-state index is -0.585. The van der Waals surface area contributed by atoms with E-state index in [4.69, 9.17) is 10.5 Å². The number of primary amides is 1. The molecule has 1 heterocycles. The van der Waals surface area contributed by atoms with Gasteiger partial charge in [0.25, 0.3) is 11.6 Å². The standard InChI is InChI=1S/C24H22N4O5/c1-14-5-6-16(10-21(14)28(31)32)24(30)27-18-8-7-15-3-2-4-22(20(15)11-18)33-19-9-17(23(25)29)12-26-13-19/h5-13,22H,2-4H2,1H3,(H2,25,29)(H,27,30). The van der Waals surface area contributed by atoms with Crippen LogP contribution in [0.15, 0.2) is 54.9 Å². The quantitative estimate of drug-likeness (QED) is 0.432. The number of fused-ring (bicyclic) bond motifs is 1. The van der Waals surface area contributed by atoms with Gasteiger partial charge in [0.15, 0.2) is 0 Å². The first-order chi connectivity index (χ1) is 15.8. The number of aryl methyl sites for hydroxylation is 2. The van der Waals surface area contributed by atoms with Gasteiger partial charge >= 0.3 is 0 Å². The summed E-state index contributed by atoms with van der Waals surface area (Å²) in [6.07, 6.45) is 5.20. The molecule has 2 amide bonds. The van der Waals surface area contributed by atoms with Crippen molar-refractivity contribution in [2.45, 2.75) is 32.3 Å². The van der Waals surface area contributed by atoms with Gasteiger partial charge in [0.05, 0.1) is 16.7 Å². The van der Waals surface area contributed by atoms with E-state index in [1.807, 2.05) is 12.1 Å². The number of pyridine rings is 1. The first-order valence-corrected chi connectivity index (χ1v) is 10.4. The van der Waals surface area contributed by atoms with Crippen molar-refractivity contribution in [2.75, 3.05) is 5.32 Å². The van der Waals surface area contributed by atoms with Crippen LogP contribution in [-0.2, 0) is 6.42 Å². The van der Waals surface area contributed by atoms with Gasteiger partial charge in [-0.1, -0.05) is 12.1 Å². The fraction of sp³-hybridized carbons (Fsp3) is 0.208. The summed E-state index contributed by atoms with van der Waals surface area (Å²) in [5.41, 5.74) is 8.77. The van der Waals surface area contributed by atoms with E-state index in [0.717, 1.165) is 30.4 Å². The largest absolute Gasteiger partial charge is 0.484 e. The minimum absolute atomic E-state index is 0.103. The van der Waals surface area contributed by atoms with Crippen molar-refractivity contribution in [1.29, 1.82) is 0 Å². The van der Waals surface area contributed by atoms with Gasteiger partial charge in [0, 0.05) is 29.1 Å². The van der Waals surface area contributed by atoms with Crippen LogP contribution in [0.1, 0.15) is 56.4 Å². The second kappa shape index (κ2) is 9.07. The molecule has 9 heteroatoms. The number of nitro benzene ring substituents is 1. The second-order valence-corrected chi connectivity index (χ2v) is 7.90. The lowest BCUT2D eigenvalue weighted by atomic mass is 9.89. The Kier molecular flexibility index (Phi) is 6.03. The number of carbonyl (C=O) groups excluding carboxylic acids is 2. The Morgan fingerprint density at radius 3 is 2.73 bits per heavy atom. The van der Waals surface area contributed by atoms with Crippen molar-refractivity contribution in [3.8, 4) is 5.75 Å². The number of nitrogens with zero attached hydrogens (tertiary/aromatic N) is 2. The fourth-order valence-electron chi connectivity index (χ4n) is 3.89. The Morgan fingerprint density at radius 2 is 1.97 bits per heavy atom. The molecule has 1 aliphatic carbocycles. The Bertz CT molecular complexity index is 1260. The predicted octanol–water partition coefficient (Wildman–Crippen LogP) is 4.11. The number of benzene rings is 2. The normalized spacial score (nSPS) is 14.8. The number of amides is 2. The van der Waals surface area contributed by atoms with Crippen molar-refractivity contribution in [3.05, 3.63) is 92.8 Å². The van der Waals surface area contributed by atoms with E-state index in [1.54, 1.807) is 31.2 Å². The highest BCUT2D eigenvalue weighted by Crippen LogP contribution is 2.35. The Balaban J connectivity index is 1.56. The third-order valence-electron chi connectivity index (χ3n) is 5.61. The second-order valence-electron chi connectivity index (χ2n) is 7.90. The zero-order valence-corrected chi connectivity index (χ0v) is 17.9. The van der Waals surface area contributed by atoms with Crippen molar-refractivity contribution in [2.24, 2.45) is 5.73 Å². The van der Waals surface area contributed by atoms with E-state index in [-0.39, 0.29) is 22.9 Å². The third kappa shape index (κ3) is 4.82. The molecule has 0 bridgehead atoms. The van der Waals surface area contributed by atoms with Crippen LogP contribution in [0.4, 0.5) is 11.4 Å². The molecule has 2 aromatic carbocycles. The molecule has 9 nitrogen and oxygen atoms in total. The van der Waals surface area contributed by atoms with E-state index < -0.39 is 16.7 Å². The Labute approximate surface area is 189 Å². The molecule has 0 saturated carbocycles. The highest BCUT2D eigenvalue weighted by molar-refractivity contribution is 6.04. The van der Waals surface area contributed by atoms with E-state index in [0.29, 0.717) is 17.0 Å². The number of aromatic nitrogens is 1. The lowest BCUT2D eigenvalue weighted by Gasteiger charge is -2.27. The summed E-state index contributed by atoms with van der Waals surface area (Å²) in [5.74, 6) is -0.589. The highest BCUT2D eigenvalue weighted by Gasteiger charge is 2.23. The van der Waals surface area contributed by atoms with Crippen molar-refractivity contribution in [1.82, 2.24) is 4.98 Å². The molecule has 3 N–H and O–H groups in total. The van der Waals surface area contributed by atoms with Crippen molar-refractivity contribution < 1.29 is 19.2 Å². The summed E-state index contributed by atoms with van der Waals surface area (Å²) >= 11 is 0. The molecule has 33 heavy (non-hydrogen) atoms. The lowest BCUT2D eigenvalue weighted by Crippen LogP contribution is -2.18. The summed E-state index contributed by atoms with van der Waals surface area (Å²) in [6.45, 7) is 1.62.